The van der Waals surface area contributed by atoms with Gasteiger partial charge in [-0.05, 0) is 60.5 Å². The third-order valence-electron chi connectivity index (χ3n) is 5.61. The van der Waals surface area contributed by atoms with Gasteiger partial charge in [0.15, 0.2) is 0 Å². The average molecular weight is 442 g/mol. The van der Waals surface area contributed by atoms with Crippen LogP contribution in [0.4, 0.5) is 5.69 Å². The van der Waals surface area contributed by atoms with Gasteiger partial charge in [-0.15, -0.1) is 0 Å². The molecule has 4 rings (SSSR count). The predicted octanol–water partition coefficient (Wildman–Crippen LogP) is 3.42. The highest BCUT2D eigenvalue weighted by Gasteiger charge is 2.17. The summed E-state index contributed by atoms with van der Waals surface area (Å²) >= 11 is 0. The van der Waals surface area contributed by atoms with Crippen LogP contribution in [0.15, 0.2) is 73.2 Å². The number of carbonyl (C=O) groups excluding carboxylic acids is 2. The maximum atomic E-state index is 12.5. The van der Waals surface area contributed by atoms with E-state index >= 15 is 0 Å². The summed E-state index contributed by atoms with van der Waals surface area (Å²) in [5.74, 6) is -0.241. The van der Waals surface area contributed by atoms with Crippen LogP contribution >= 0.6 is 0 Å². The molecule has 0 radical (unpaired) electrons. The lowest BCUT2D eigenvalue weighted by atomic mass is 9.98. The fraction of sp³-hybridized carbons (Fsp3) is 0.231. The maximum Gasteiger partial charge on any atom is 0.236 e. The summed E-state index contributed by atoms with van der Waals surface area (Å²) in [6.45, 7) is 2.95. The van der Waals surface area contributed by atoms with Crippen molar-refractivity contribution >= 4 is 17.5 Å². The molecule has 7 heteroatoms. The molecule has 3 heterocycles. The minimum atomic E-state index is -0.337. The van der Waals surface area contributed by atoms with Crippen LogP contribution in [-0.2, 0) is 16.0 Å². The van der Waals surface area contributed by atoms with Gasteiger partial charge in [-0.25, -0.2) is 0 Å². The monoisotopic (exact) mass is 441 g/mol. The number of hydrogen-bond acceptors (Lipinski definition) is 5. The summed E-state index contributed by atoms with van der Waals surface area (Å²) in [6, 6.07) is 15.8. The van der Waals surface area contributed by atoms with Crippen molar-refractivity contribution in [2.75, 3.05) is 18.4 Å². The van der Waals surface area contributed by atoms with Crippen molar-refractivity contribution in [3.05, 3.63) is 90.2 Å². The van der Waals surface area contributed by atoms with Crippen molar-refractivity contribution in [3.8, 4) is 11.1 Å². The predicted molar refractivity (Wildman–Crippen MR) is 128 cm³/mol. The van der Waals surface area contributed by atoms with E-state index in [2.05, 4.69) is 15.3 Å². The smallest absolute Gasteiger partial charge is 0.236 e. The number of rotatable bonds is 7. The minimum Gasteiger partial charge on any atom is -0.368 e. The number of amides is 2. The van der Waals surface area contributed by atoms with Crippen molar-refractivity contribution in [2.24, 2.45) is 5.73 Å². The first-order valence-corrected chi connectivity index (χ1v) is 10.9. The van der Waals surface area contributed by atoms with Crippen molar-refractivity contribution in [3.63, 3.8) is 0 Å². The van der Waals surface area contributed by atoms with Crippen molar-refractivity contribution in [2.45, 2.75) is 25.7 Å². The minimum absolute atomic E-state index is 0.0864. The van der Waals surface area contributed by atoms with Crippen LogP contribution in [0.2, 0.25) is 0 Å². The van der Waals surface area contributed by atoms with Gasteiger partial charge >= 0.3 is 0 Å². The summed E-state index contributed by atoms with van der Waals surface area (Å²) in [5.41, 5.74) is 11.0. The Bertz CT molecular complexity index is 1160. The number of hydrogen-bond donors (Lipinski definition) is 2. The lowest BCUT2D eigenvalue weighted by Crippen LogP contribution is -2.33. The van der Waals surface area contributed by atoms with Gasteiger partial charge in [-0.3, -0.25) is 19.6 Å². The second-order valence-corrected chi connectivity index (χ2v) is 8.25. The van der Waals surface area contributed by atoms with Gasteiger partial charge in [0.25, 0.3) is 0 Å². The van der Waals surface area contributed by atoms with E-state index in [-0.39, 0.29) is 24.3 Å². The number of nitrogens with one attached hydrogen (secondary N) is 1. The van der Waals surface area contributed by atoms with Crippen molar-refractivity contribution in [1.29, 1.82) is 0 Å². The number of anilines is 1. The van der Waals surface area contributed by atoms with Gasteiger partial charge < -0.3 is 16.0 Å². The molecule has 1 aromatic carbocycles. The zero-order valence-corrected chi connectivity index (χ0v) is 18.6. The third kappa shape index (κ3) is 6.04. The second kappa shape index (κ2) is 10.1. The lowest BCUT2D eigenvalue weighted by molar-refractivity contribution is -0.118. The Kier molecular flexibility index (Phi) is 6.78. The number of carbonyl (C=O) groups is 2. The molecule has 1 aliphatic heterocycles. The molecule has 7 nitrogen and oxygen atoms in total. The number of pyridine rings is 2. The Morgan fingerprint density at radius 3 is 2.55 bits per heavy atom. The molecule has 3 N–H and O–H groups in total. The maximum absolute atomic E-state index is 12.5. The number of aromatic nitrogens is 2. The molecule has 1 aliphatic rings. The molecule has 0 spiro atoms. The zero-order chi connectivity index (χ0) is 23.2. The number of benzene rings is 1. The largest absolute Gasteiger partial charge is 0.368 e. The molecule has 1 unspecified atom stereocenters. The summed E-state index contributed by atoms with van der Waals surface area (Å²) in [6.07, 6.45) is 8.57. The Labute approximate surface area is 193 Å². The molecule has 0 saturated carbocycles. The highest BCUT2D eigenvalue weighted by atomic mass is 16.2. The molecule has 0 bridgehead atoms. The standard InChI is InChI=1S/C26H27N5O2/c1-18-14-22(8-11-28-18)20-4-2-19(3-5-20)15-26(33)30-23-6-7-24(29-16-23)21-9-12-31(13-10-21)17-25(27)32/h2-9,11-12,14,16,21H,10,13,15,17H2,1H3,(H2,27,32)(H,30,33). The summed E-state index contributed by atoms with van der Waals surface area (Å²) in [5, 5.41) is 2.92. The van der Waals surface area contributed by atoms with E-state index in [4.69, 9.17) is 5.73 Å². The Morgan fingerprint density at radius 2 is 1.91 bits per heavy atom. The van der Waals surface area contributed by atoms with E-state index in [0.29, 0.717) is 12.1 Å². The molecule has 0 saturated heterocycles. The number of nitrogens with two attached hydrogens (primary N) is 1. The number of nitrogens with zero attached hydrogens (tertiary/aromatic N) is 3. The van der Waals surface area contributed by atoms with Gasteiger partial charge in [0.05, 0.1) is 24.8 Å². The van der Waals surface area contributed by atoms with E-state index < -0.39 is 0 Å². The van der Waals surface area contributed by atoms with Crippen molar-refractivity contribution < 1.29 is 9.59 Å². The number of allylic oxidation sites excluding steroid dienone is 1. The van der Waals surface area contributed by atoms with Gasteiger partial charge in [0.1, 0.15) is 0 Å². The summed E-state index contributed by atoms with van der Waals surface area (Å²) in [4.78, 5) is 34.2. The molecule has 0 fully saturated rings. The molecule has 2 aromatic heterocycles. The van der Waals surface area contributed by atoms with E-state index in [0.717, 1.165) is 41.0 Å². The van der Waals surface area contributed by atoms with E-state index in [1.807, 2.05) is 72.6 Å². The zero-order valence-electron chi connectivity index (χ0n) is 18.6. The van der Waals surface area contributed by atoms with E-state index in [1.54, 1.807) is 12.4 Å². The topological polar surface area (TPSA) is 101 Å². The summed E-state index contributed by atoms with van der Waals surface area (Å²) < 4.78 is 0. The first-order chi connectivity index (χ1) is 16.0. The highest BCUT2D eigenvalue weighted by Crippen LogP contribution is 2.25. The Balaban J connectivity index is 1.31. The third-order valence-corrected chi connectivity index (χ3v) is 5.61. The normalized spacial score (nSPS) is 15.3. The highest BCUT2D eigenvalue weighted by molar-refractivity contribution is 5.92. The van der Waals surface area contributed by atoms with Crippen LogP contribution in [0.25, 0.3) is 11.1 Å². The molecule has 33 heavy (non-hydrogen) atoms. The molecular formula is C26H27N5O2. The molecule has 0 aliphatic carbocycles. The van der Waals surface area contributed by atoms with Gasteiger partial charge in [-0.1, -0.05) is 30.3 Å². The van der Waals surface area contributed by atoms with Crippen LogP contribution in [0, 0.1) is 6.92 Å². The molecule has 168 valence electrons. The Morgan fingerprint density at radius 1 is 1.09 bits per heavy atom. The van der Waals surface area contributed by atoms with Gasteiger partial charge in [0.2, 0.25) is 11.8 Å². The van der Waals surface area contributed by atoms with Gasteiger partial charge in [-0.2, -0.15) is 0 Å². The van der Waals surface area contributed by atoms with Gasteiger partial charge in [0, 0.05) is 30.0 Å². The fourth-order valence-corrected chi connectivity index (χ4v) is 3.91. The first-order valence-electron chi connectivity index (χ1n) is 10.9. The van der Waals surface area contributed by atoms with E-state index in [1.165, 1.54) is 0 Å². The van der Waals surface area contributed by atoms with Crippen LogP contribution in [-0.4, -0.2) is 39.8 Å². The van der Waals surface area contributed by atoms with Crippen LogP contribution < -0.4 is 11.1 Å². The SMILES string of the molecule is Cc1cc(-c2ccc(CC(=O)Nc3ccc(C4C=CN(CC(N)=O)CC4)nc3)cc2)ccn1. The van der Waals surface area contributed by atoms with Crippen LogP contribution in [0.5, 0.6) is 0 Å². The molecule has 2 amide bonds. The number of aryl methyl sites for hydroxylation is 1. The molecule has 1 atom stereocenters. The first kappa shape index (κ1) is 22.2. The van der Waals surface area contributed by atoms with Crippen LogP contribution in [0.1, 0.15) is 29.3 Å². The summed E-state index contributed by atoms with van der Waals surface area (Å²) in [7, 11) is 0. The number of primary amides is 1. The fourth-order valence-electron chi connectivity index (χ4n) is 3.91. The average Bonchev–Trinajstić information content (AvgIpc) is 2.80. The molecule has 3 aromatic rings. The quantitative estimate of drug-likeness (QED) is 0.585. The Hall–Kier alpha value is -4.00. The second-order valence-electron chi connectivity index (χ2n) is 8.25. The van der Waals surface area contributed by atoms with Crippen LogP contribution in [0.3, 0.4) is 0 Å². The van der Waals surface area contributed by atoms with E-state index in [9.17, 15) is 9.59 Å². The van der Waals surface area contributed by atoms with Crippen molar-refractivity contribution in [1.82, 2.24) is 14.9 Å². The molecular weight excluding hydrogens is 414 g/mol. The lowest BCUT2D eigenvalue weighted by Gasteiger charge is -2.26.